The Bertz CT molecular complexity index is 659. The Balaban J connectivity index is 2.06. The third-order valence-electron chi connectivity index (χ3n) is 2.99. The number of β-amino-alcohol motifs (C(OH)–C–C–N with tert-alkyl or cyclic N) is 1. The van der Waals surface area contributed by atoms with Crippen LogP contribution in [0.2, 0.25) is 5.28 Å². The molecule has 0 unspecified atom stereocenters. The number of thiazole rings is 1. The molecule has 0 spiro atoms. The second kappa shape index (κ2) is 4.66. The number of hydrogen-bond acceptors (Lipinski definition) is 6. The van der Waals surface area contributed by atoms with Gasteiger partial charge in [-0.1, -0.05) is 0 Å². The van der Waals surface area contributed by atoms with Crippen LogP contribution in [0.4, 0.5) is 0 Å². The van der Waals surface area contributed by atoms with Crippen molar-refractivity contribution in [2.45, 2.75) is 19.4 Å². The minimum absolute atomic E-state index is 0.0147. The number of amides is 1. The Morgan fingerprint density at radius 3 is 2.95 bits per heavy atom. The van der Waals surface area contributed by atoms with Gasteiger partial charge in [0.25, 0.3) is 5.91 Å². The van der Waals surface area contributed by atoms with Crippen LogP contribution < -0.4 is 0 Å². The fourth-order valence-electron chi connectivity index (χ4n) is 2.12. The van der Waals surface area contributed by atoms with Crippen molar-refractivity contribution in [1.82, 2.24) is 19.9 Å². The molecule has 1 amide bonds. The van der Waals surface area contributed by atoms with Crippen LogP contribution in [0.1, 0.15) is 21.9 Å². The Hall–Kier alpha value is -1.31. The molecule has 0 bridgehead atoms. The van der Waals surface area contributed by atoms with E-state index in [1.54, 1.807) is 4.90 Å². The van der Waals surface area contributed by atoms with Gasteiger partial charge in [0.1, 0.15) is 4.70 Å². The first-order valence-electron chi connectivity index (χ1n) is 5.82. The van der Waals surface area contributed by atoms with Crippen LogP contribution in [0.15, 0.2) is 0 Å². The number of fused-ring (bicyclic) bond motifs is 1. The summed E-state index contributed by atoms with van der Waals surface area (Å²) in [6.07, 6.45) is 0.134. The van der Waals surface area contributed by atoms with E-state index in [1.807, 2.05) is 6.92 Å². The first-order valence-corrected chi connectivity index (χ1v) is 7.02. The summed E-state index contributed by atoms with van der Waals surface area (Å²) in [5, 5.41) is 10.3. The Labute approximate surface area is 118 Å². The summed E-state index contributed by atoms with van der Waals surface area (Å²) in [5.74, 6) is -0.227. The molecular weight excluding hydrogens is 288 g/mol. The molecule has 8 heteroatoms. The molecule has 6 nitrogen and oxygen atoms in total. The second-order valence-corrected chi connectivity index (χ2v) is 5.96. The molecule has 1 fully saturated rings. The number of hydrogen-bond donors (Lipinski definition) is 1. The lowest BCUT2D eigenvalue weighted by atomic mass is 10.3. The first-order chi connectivity index (χ1) is 9.04. The SMILES string of the molecule is Cc1nc2nc(Cl)nc(C(=O)N3CC[C@H](O)C3)c2s1. The molecule has 0 aliphatic carbocycles. The van der Waals surface area contributed by atoms with Crippen molar-refractivity contribution in [2.24, 2.45) is 0 Å². The molecule has 0 radical (unpaired) electrons. The predicted octanol–water partition coefficient (Wildman–Crippen LogP) is 1.25. The van der Waals surface area contributed by atoms with Gasteiger partial charge < -0.3 is 10.0 Å². The van der Waals surface area contributed by atoms with Crippen LogP contribution in [-0.4, -0.2) is 50.1 Å². The van der Waals surface area contributed by atoms with E-state index in [-0.39, 0.29) is 16.9 Å². The van der Waals surface area contributed by atoms with E-state index in [1.165, 1.54) is 11.3 Å². The zero-order chi connectivity index (χ0) is 13.6. The summed E-state index contributed by atoms with van der Waals surface area (Å²) in [6.45, 7) is 2.70. The highest BCUT2D eigenvalue weighted by molar-refractivity contribution is 7.18. The monoisotopic (exact) mass is 298 g/mol. The minimum atomic E-state index is -0.458. The van der Waals surface area contributed by atoms with E-state index in [0.717, 1.165) is 5.01 Å². The summed E-state index contributed by atoms with van der Waals surface area (Å²) in [6, 6.07) is 0. The van der Waals surface area contributed by atoms with Gasteiger partial charge in [-0.05, 0) is 24.9 Å². The van der Waals surface area contributed by atoms with Crippen molar-refractivity contribution in [2.75, 3.05) is 13.1 Å². The first kappa shape index (κ1) is 12.7. The summed E-state index contributed by atoms with van der Waals surface area (Å²) >= 11 is 7.21. The molecule has 1 aliphatic rings. The van der Waals surface area contributed by atoms with Crippen molar-refractivity contribution in [3.63, 3.8) is 0 Å². The Morgan fingerprint density at radius 2 is 2.26 bits per heavy atom. The topological polar surface area (TPSA) is 79.2 Å². The largest absolute Gasteiger partial charge is 0.391 e. The molecule has 2 aromatic heterocycles. The number of aryl methyl sites for hydroxylation is 1. The molecule has 1 atom stereocenters. The molecule has 0 saturated carbocycles. The number of carbonyl (C=O) groups excluding carboxylic acids is 1. The standard InChI is InChI=1S/C11H11ClN4O2S/c1-5-13-9-8(19-5)7(14-11(12)15-9)10(18)16-3-2-6(17)4-16/h6,17H,2-4H2,1H3/t6-/m0/s1. The van der Waals surface area contributed by atoms with Crippen LogP contribution in [0.25, 0.3) is 10.3 Å². The van der Waals surface area contributed by atoms with Crippen molar-refractivity contribution in [3.8, 4) is 0 Å². The molecule has 100 valence electrons. The quantitative estimate of drug-likeness (QED) is 0.802. The molecule has 1 aliphatic heterocycles. The fourth-order valence-corrected chi connectivity index (χ4v) is 3.13. The third kappa shape index (κ3) is 2.29. The maximum atomic E-state index is 12.4. The van der Waals surface area contributed by atoms with Crippen molar-refractivity contribution >= 4 is 39.2 Å². The molecule has 1 saturated heterocycles. The number of aromatic nitrogens is 3. The number of carbonyl (C=O) groups is 1. The molecular formula is C11H11ClN4O2S. The zero-order valence-electron chi connectivity index (χ0n) is 10.1. The lowest BCUT2D eigenvalue weighted by Gasteiger charge is -2.14. The normalized spacial score (nSPS) is 19.3. The highest BCUT2D eigenvalue weighted by Gasteiger charge is 2.28. The molecule has 0 aromatic carbocycles. The average molecular weight is 299 g/mol. The van der Waals surface area contributed by atoms with Gasteiger partial charge in [-0.15, -0.1) is 11.3 Å². The van der Waals surface area contributed by atoms with E-state index in [4.69, 9.17) is 11.6 Å². The van der Waals surface area contributed by atoms with Gasteiger partial charge in [0, 0.05) is 13.1 Å². The number of rotatable bonds is 1. The van der Waals surface area contributed by atoms with Crippen LogP contribution in [0, 0.1) is 6.92 Å². The Kier molecular flexibility index (Phi) is 3.12. The average Bonchev–Trinajstić information content (AvgIpc) is 2.92. The maximum Gasteiger partial charge on any atom is 0.274 e. The van der Waals surface area contributed by atoms with Crippen molar-refractivity contribution < 1.29 is 9.90 Å². The lowest BCUT2D eigenvalue weighted by Crippen LogP contribution is -2.30. The van der Waals surface area contributed by atoms with E-state index < -0.39 is 6.10 Å². The van der Waals surface area contributed by atoms with Crippen LogP contribution in [0.3, 0.4) is 0 Å². The van der Waals surface area contributed by atoms with E-state index in [2.05, 4.69) is 15.0 Å². The van der Waals surface area contributed by atoms with E-state index in [0.29, 0.717) is 29.9 Å². The van der Waals surface area contributed by atoms with Gasteiger partial charge in [0.2, 0.25) is 5.28 Å². The van der Waals surface area contributed by atoms with Crippen LogP contribution >= 0.6 is 22.9 Å². The molecule has 3 rings (SSSR count). The Morgan fingerprint density at radius 1 is 1.47 bits per heavy atom. The molecule has 1 N–H and O–H groups in total. The number of aliphatic hydroxyl groups is 1. The van der Waals surface area contributed by atoms with E-state index in [9.17, 15) is 9.90 Å². The van der Waals surface area contributed by atoms with Gasteiger partial charge >= 0.3 is 0 Å². The number of nitrogens with zero attached hydrogens (tertiary/aromatic N) is 4. The smallest absolute Gasteiger partial charge is 0.274 e. The van der Waals surface area contributed by atoms with Crippen molar-refractivity contribution in [3.05, 3.63) is 16.0 Å². The summed E-state index contributed by atoms with van der Waals surface area (Å²) < 4.78 is 0.647. The maximum absolute atomic E-state index is 12.4. The van der Waals surface area contributed by atoms with Crippen molar-refractivity contribution in [1.29, 1.82) is 0 Å². The summed E-state index contributed by atoms with van der Waals surface area (Å²) in [4.78, 5) is 26.3. The van der Waals surface area contributed by atoms with Gasteiger partial charge in [-0.3, -0.25) is 4.79 Å². The van der Waals surface area contributed by atoms with Gasteiger partial charge in [-0.2, -0.15) is 4.98 Å². The summed E-state index contributed by atoms with van der Waals surface area (Å²) in [5.41, 5.74) is 0.722. The zero-order valence-corrected chi connectivity index (χ0v) is 11.7. The van der Waals surface area contributed by atoms with E-state index >= 15 is 0 Å². The summed E-state index contributed by atoms with van der Waals surface area (Å²) in [7, 11) is 0. The minimum Gasteiger partial charge on any atom is -0.391 e. The van der Waals surface area contributed by atoms with Crippen LogP contribution in [-0.2, 0) is 0 Å². The van der Waals surface area contributed by atoms with Gasteiger partial charge in [0.15, 0.2) is 11.3 Å². The predicted molar refractivity (Wildman–Crippen MR) is 71.5 cm³/mol. The number of likely N-dealkylation sites (tertiary alicyclic amines) is 1. The fraction of sp³-hybridized carbons (Fsp3) is 0.455. The highest BCUT2D eigenvalue weighted by atomic mass is 35.5. The second-order valence-electron chi connectivity index (χ2n) is 4.42. The van der Waals surface area contributed by atoms with Gasteiger partial charge in [0.05, 0.1) is 11.1 Å². The molecule has 19 heavy (non-hydrogen) atoms. The van der Waals surface area contributed by atoms with Crippen LogP contribution in [0.5, 0.6) is 0 Å². The number of aliphatic hydroxyl groups excluding tert-OH is 1. The third-order valence-corrected chi connectivity index (χ3v) is 4.12. The number of halogens is 1. The highest BCUT2D eigenvalue weighted by Crippen LogP contribution is 2.26. The lowest BCUT2D eigenvalue weighted by molar-refractivity contribution is 0.0761. The van der Waals surface area contributed by atoms with Gasteiger partial charge in [-0.25, -0.2) is 9.97 Å². The molecule has 2 aromatic rings. The molecule has 3 heterocycles.